The average Bonchev–Trinajstić information content (AvgIpc) is 2.85. The first kappa shape index (κ1) is 12.8. The van der Waals surface area contributed by atoms with E-state index >= 15 is 0 Å². The number of nitrogens with zero attached hydrogens (tertiary/aromatic N) is 1. The maximum atomic E-state index is 11.8. The van der Waals surface area contributed by atoms with E-state index in [9.17, 15) is 4.79 Å². The molecule has 0 radical (unpaired) electrons. The number of rotatable bonds is 3. The van der Waals surface area contributed by atoms with Crippen LogP contribution in [0.1, 0.15) is 20.8 Å². The molecular weight excluding hydrogens is 268 g/mol. The topological polar surface area (TPSA) is 41.5 Å². The number of amides is 1. The largest absolute Gasteiger partial charge is 0.271 e. The summed E-state index contributed by atoms with van der Waals surface area (Å²) in [7, 11) is 0. The molecule has 1 amide bonds. The predicted octanol–water partition coefficient (Wildman–Crippen LogP) is 3.47. The number of carbonyl (C=O) groups is 1. The summed E-state index contributed by atoms with van der Waals surface area (Å²) in [6.45, 7) is 1.89. The van der Waals surface area contributed by atoms with Crippen molar-refractivity contribution in [3.05, 3.63) is 56.7 Å². The van der Waals surface area contributed by atoms with Gasteiger partial charge in [0.2, 0.25) is 0 Å². The second-order valence-corrected chi connectivity index (χ2v) is 5.06. The summed E-state index contributed by atoms with van der Waals surface area (Å²) in [6.07, 6.45) is 1.61. The molecule has 1 aromatic heterocycles. The zero-order valence-corrected chi connectivity index (χ0v) is 11.3. The van der Waals surface area contributed by atoms with Crippen LogP contribution in [-0.2, 0) is 0 Å². The number of nitrogens with one attached hydrogen (secondary N) is 1. The lowest BCUT2D eigenvalue weighted by atomic mass is 10.1. The first-order valence-corrected chi connectivity index (χ1v) is 6.55. The second kappa shape index (κ2) is 5.80. The number of aryl methyl sites for hydroxylation is 1. The SMILES string of the molecule is Cc1ccc(C(=O)N/N=C/c2cccs2)cc1Cl. The van der Waals surface area contributed by atoms with Crippen molar-refractivity contribution in [1.29, 1.82) is 0 Å². The molecule has 0 bridgehead atoms. The molecule has 2 rings (SSSR count). The lowest BCUT2D eigenvalue weighted by molar-refractivity contribution is 0.0955. The van der Waals surface area contributed by atoms with Crippen LogP contribution in [0.3, 0.4) is 0 Å². The molecule has 2 aromatic rings. The highest BCUT2D eigenvalue weighted by Crippen LogP contribution is 2.16. The fourth-order valence-corrected chi connectivity index (χ4v) is 2.08. The molecule has 0 aliphatic rings. The van der Waals surface area contributed by atoms with Crippen LogP contribution >= 0.6 is 22.9 Å². The van der Waals surface area contributed by atoms with Crippen molar-refractivity contribution in [2.24, 2.45) is 5.10 Å². The summed E-state index contributed by atoms with van der Waals surface area (Å²) >= 11 is 7.51. The molecule has 1 aromatic carbocycles. The molecule has 3 nitrogen and oxygen atoms in total. The molecule has 5 heteroatoms. The maximum absolute atomic E-state index is 11.8. The fraction of sp³-hybridized carbons (Fsp3) is 0.0769. The van der Waals surface area contributed by atoms with Crippen molar-refractivity contribution >= 4 is 35.1 Å². The van der Waals surface area contributed by atoms with Crippen molar-refractivity contribution in [3.8, 4) is 0 Å². The Morgan fingerprint density at radius 2 is 2.28 bits per heavy atom. The van der Waals surface area contributed by atoms with E-state index in [1.165, 1.54) is 0 Å². The molecule has 18 heavy (non-hydrogen) atoms. The Morgan fingerprint density at radius 1 is 1.44 bits per heavy atom. The fourth-order valence-electron chi connectivity index (χ4n) is 1.32. The zero-order chi connectivity index (χ0) is 13.0. The Labute approximate surface area is 114 Å². The van der Waals surface area contributed by atoms with Crippen molar-refractivity contribution in [1.82, 2.24) is 5.43 Å². The minimum Gasteiger partial charge on any atom is -0.267 e. The van der Waals surface area contributed by atoms with Crippen LogP contribution in [0.25, 0.3) is 0 Å². The Hall–Kier alpha value is -1.65. The summed E-state index contributed by atoms with van der Waals surface area (Å²) in [5, 5.41) is 6.41. The highest BCUT2D eigenvalue weighted by atomic mass is 35.5. The van der Waals surface area contributed by atoms with Gasteiger partial charge < -0.3 is 0 Å². The molecule has 0 aliphatic heterocycles. The standard InChI is InChI=1S/C13H11ClN2OS/c1-9-4-5-10(7-12(9)14)13(17)16-15-8-11-3-2-6-18-11/h2-8H,1H3,(H,16,17)/b15-8+. The van der Waals surface area contributed by atoms with E-state index in [1.54, 1.807) is 35.8 Å². The Bertz CT molecular complexity index is 579. The van der Waals surface area contributed by atoms with Gasteiger partial charge in [0.25, 0.3) is 5.91 Å². The number of halogens is 1. The smallest absolute Gasteiger partial charge is 0.267 e. The van der Waals surface area contributed by atoms with Crippen LogP contribution in [-0.4, -0.2) is 12.1 Å². The van der Waals surface area contributed by atoms with Gasteiger partial charge in [-0.05, 0) is 36.1 Å². The van der Waals surface area contributed by atoms with Crippen molar-refractivity contribution in [2.75, 3.05) is 0 Å². The summed E-state index contributed by atoms with van der Waals surface area (Å²) in [4.78, 5) is 12.7. The lowest BCUT2D eigenvalue weighted by Gasteiger charge is -2.02. The maximum Gasteiger partial charge on any atom is 0.271 e. The minimum absolute atomic E-state index is 0.273. The van der Waals surface area contributed by atoms with Gasteiger partial charge >= 0.3 is 0 Å². The van der Waals surface area contributed by atoms with Crippen molar-refractivity contribution in [2.45, 2.75) is 6.92 Å². The van der Waals surface area contributed by atoms with Gasteiger partial charge in [0.15, 0.2) is 0 Å². The quantitative estimate of drug-likeness (QED) is 0.678. The van der Waals surface area contributed by atoms with E-state index in [2.05, 4.69) is 10.5 Å². The van der Waals surface area contributed by atoms with Gasteiger partial charge in [-0.2, -0.15) is 5.10 Å². The Balaban J connectivity index is 2.01. The number of thiophene rings is 1. The van der Waals surface area contributed by atoms with Crippen molar-refractivity contribution in [3.63, 3.8) is 0 Å². The van der Waals surface area contributed by atoms with Crippen LogP contribution in [0.15, 0.2) is 40.8 Å². The van der Waals surface area contributed by atoms with Gasteiger partial charge in [-0.25, -0.2) is 5.43 Å². The monoisotopic (exact) mass is 278 g/mol. The number of hydrazone groups is 1. The van der Waals surface area contributed by atoms with Crippen LogP contribution in [0.2, 0.25) is 5.02 Å². The molecule has 0 spiro atoms. The van der Waals surface area contributed by atoms with Crippen molar-refractivity contribution < 1.29 is 4.79 Å². The van der Waals surface area contributed by atoms with Gasteiger partial charge in [0.05, 0.1) is 6.21 Å². The third-order valence-electron chi connectivity index (χ3n) is 2.34. The second-order valence-electron chi connectivity index (χ2n) is 3.68. The average molecular weight is 279 g/mol. The Morgan fingerprint density at radius 3 is 2.94 bits per heavy atom. The van der Waals surface area contributed by atoms with E-state index in [4.69, 9.17) is 11.6 Å². The number of carbonyl (C=O) groups excluding carboxylic acids is 1. The minimum atomic E-state index is -0.273. The van der Waals surface area contributed by atoms with Gasteiger partial charge in [-0.1, -0.05) is 23.7 Å². The molecule has 1 heterocycles. The third-order valence-corrected chi connectivity index (χ3v) is 3.55. The van der Waals surface area contributed by atoms with Gasteiger partial charge in [-0.3, -0.25) is 4.79 Å². The highest BCUT2D eigenvalue weighted by molar-refractivity contribution is 7.11. The molecular formula is C13H11ClN2OS. The van der Waals surface area contributed by atoms with E-state index in [0.29, 0.717) is 10.6 Å². The zero-order valence-electron chi connectivity index (χ0n) is 9.68. The van der Waals surface area contributed by atoms with Crippen LogP contribution < -0.4 is 5.43 Å². The molecule has 0 saturated heterocycles. The highest BCUT2D eigenvalue weighted by Gasteiger charge is 2.05. The summed E-state index contributed by atoms with van der Waals surface area (Å²) < 4.78 is 0. The van der Waals surface area contributed by atoms with Gasteiger partial charge in [0, 0.05) is 15.5 Å². The van der Waals surface area contributed by atoms with Gasteiger partial charge in [-0.15, -0.1) is 11.3 Å². The predicted molar refractivity (Wildman–Crippen MR) is 75.6 cm³/mol. The van der Waals surface area contributed by atoms with E-state index in [0.717, 1.165) is 10.4 Å². The first-order chi connectivity index (χ1) is 8.66. The summed E-state index contributed by atoms with van der Waals surface area (Å²) in [5.41, 5.74) is 3.90. The van der Waals surface area contributed by atoms with Crippen LogP contribution in [0, 0.1) is 6.92 Å². The first-order valence-electron chi connectivity index (χ1n) is 5.30. The Kier molecular flexibility index (Phi) is 4.12. The molecule has 0 atom stereocenters. The number of benzene rings is 1. The summed E-state index contributed by atoms with van der Waals surface area (Å²) in [6, 6.07) is 9.00. The van der Waals surface area contributed by atoms with Crippen LogP contribution in [0.5, 0.6) is 0 Å². The number of hydrogen-bond donors (Lipinski definition) is 1. The lowest BCUT2D eigenvalue weighted by Crippen LogP contribution is -2.17. The molecule has 92 valence electrons. The van der Waals surface area contributed by atoms with E-state index in [-0.39, 0.29) is 5.91 Å². The normalized spacial score (nSPS) is 10.8. The van der Waals surface area contributed by atoms with Gasteiger partial charge in [0.1, 0.15) is 0 Å². The third kappa shape index (κ3) is 3.18. The molecule has 0 fully saturated rings. The van der Waals surface area contributed by atoms with E-state index < -0.39 is 0 Å². The number of hydrogen-bond acceptors (Lipinski definition) is 3. The molecule has 0 unspecified atom stereocenters. The van der Waals surface area contributed by atoms with E-state index in [1.807, 2.05) is 24.4 Å². The van der Waals surface area contributed by atoms with Crippen LogP contribution in [0.4, 0.5) is 0 Å². The molecule has 0 aliphatic carbocycles. The molecule has 0 saturated carbocycles. The molecule has 1 N–H and O–H groups in total. The summed E-state index contributed by atoms with van der Waals surface area (Å²) in [5.74, 6) is -0.273.